The van der Waals surface area contributed by atoms with E-state index >= 15 is 0 Å². The molecule has 2 aromatic carbocycles. The number of hydrogen-bond acceptors (Lipinski definition) is 7. The average Bonchev–Trinajstić information content (AvgIpc) is 3.02. The van der Waals surface area contributed by atoms with Crippen LogP contribution >= 0.6 is 0 Å². The van der Waals surface area contributed by atoms with Gasteiger partial charge in [-0.3, -0.25) is 24.0 Å². The number of rotatable bonds is 7. The standard InChI is InChI=1S/C41H50O7/c1-7-26-16-15-25(14-13-24-11-9-8-10-12-24)19-28(26)27-17-18-30(43)32-29(27)20-39(5)21-40(6)33(22(2)3)35(44)31(23(4)42)37(46)41(40,48)38(47)34(39)36(32)45/h15-19,22,24,31,33-34,43,48H,7-14,20-21H2,1-6H3/t31?,33?,34?,39-,40-,41+/m1/s1. The summed E-state index contributed by atoms with van der Waals surface area (Å²) in [5, 5.41) is 23.5. The van der Waals surface area contributed by atoms with Crippen molar-refractivity contribution in [2.24, 2.45) is 40.4 Å². The fourth-order valence-corrected chi connectivity index (χ4v) is 10.6. The maximum atomic E-state index is 14.6. The van der Waals surface area contributed by atoms with Gasteiger partial charge in [0.15, 0.2) is 28.7 Å². The van der Waals surface area contributed by atoms with E-state index in [4.69, 9.17) is 0 Å². The molecule has 7 nitrogen and oxygen atoms in total. The predicted molar refractivity (Wildman–Crippen MR) is 183 cm³/mol. The SMILES string of the molecule is CCc1ccc(CCC2CCCCC2)cc1-c1ccc(O)c2c1C[C@]1(C)C[C@]3(C)C(C(C)C)C(=O)C(C(C)=O)C(=O)[C@]3(O)C(=O)C1C2=O. The lowest BCUT2D eigenvalue weighted by Gasteiger charge is -2.61. The minimum atomic E-state index is -2.70. The van der Waals surface area contributed by atoms with E-state index < -0.39 is 63.1 Å². The van der Waals surface area contributed by atoms with Crippen LogP contribution in [0, 0.1) is 40.4 Å². The number of Topliss-reactive ketones (excluding diaryl/α,β-unsaturated/α-hetero) is 5. The molecule has 48 heavy (non-hydrogen) atoms. The molecule has 7 heteroatoms. The second kappa shape index (κ2) is 12.2. The second-order valence-electron chi connectivity index (χ2n) is 16.2. The summed E-state index contributed by atoms with van der Waals surface area (Å²) in [6.07, 6.45) is 9.63. The third kappa shape index (κ3) is 4.97. The molecular weight excluding hydrogens is 604 g/mol. The first-order chi connectivity index (χ1) is 22.6. The summed E-state index contributed by atoms with van der Waals surface area (Å²) >= 11 is 0. The zero-order chi connectivity index (χ0) is 34.9. The molecule has 0 heterocycles. The van der Waals surface area contributed by atoms with Gasteiger partial charge in [-0.1, -0.05) is 91.0 Å². The maximum Gasteiger partial charge on any atom is 0.190 e. The van der Waals surface area contributed by atoms with Crippen molar-refractivity contribution in [1.82, 2.24) is 0 Å². The zero-order valence-corrected chi connectivity index (χ0v) is 29.3. The molecule has 0 bridgehead atoms. The van der Waals surface area contributed by atoms with E-state index in [0.717, 1.165) is 48.8 Å². The Hall–Kier alpha value is -3.45. The monoisotopic (exact) mass is 654 g/mol. The molecule has 2 aromatic rings. The third-order valence-corrected chi connectivity index (χ3v) is 12.7. The van der Waals surface area contributed by atoms with Crippen LogP contribution < -0.4 is 0 Å². The van der Waals surface area contributed by atoms with Crippen molar-refractivity contribution in [3.63, 3.8) is 0 Å². The topological polar surface area (TPSA) is 126 Å². The van der Waals surface area contributed by atoms with Crippen LogP contribution in [-0.4, -0.2) is 44.7 Å². The minimum absolute atomic E-state index is 0.0419. The number of fused-ring (bicyclic) bond motifs is 3. The van der Waals surface area contributed by atoms with Gasteiger partial charge in [-0.05, 0) is 90.2 Å². The summed E-state index contributed by atoms with van der Waals surface area (Å²) < 4.78 is 0. The number of aromatic hydroxyl groups is 1. The van der Waals surface area contributed by atoms with Crippen molar-refractivity contribution in [3.05, 3.63) is 52.6 Å². The average molecular weight is 655 g/mol. The number of aryl methyl sites for hydroxylation is 2. The Labute approximate surface area is 283 Å². The molecule has 0 radical (unpaired) electrons. The van der Waals surface area contributed by atoms with Gasteiger partial charge in [-0.2, -0.15) is 0 Å². The van der Waals surface area contributed by atoms with Crippen LogP contribution in [0.15, 0.2) is 30.3 Å². The predicted octanol–water partition coefficient (Wildman–Crippen LogP) is 6.84. The quantitative estimate of drug-likeness (QED) is 0.313. The van der Waals surface area contributed by atoms with E-state index in [9.17, 15) is 34.2 Å². The number of carbonyl (C=O) groups is 5. The lowest BCUT2D eigenvalue weighted by molar-refractivity contribution is -0.205. The van der Waals surface area contributed by atoms with Crippen molar-refractivity contribution in [2.45, 2.75) is 111 Å². The van der Waals surface area contributed by atoms with Crippen molar-refractivity contribution in [2.75, 3.05) is 0 Å². The highest BCUT2D eigenvalue weighted by Gasteiger charge is 2.76. The second-order valence-corrected chi connectivity index (χ2v) is 16.2. The fraction of sp³-hybridized carbons (Fsp3) is 0.585. The molecule has 2 N–H and O–H groups in total. The van der Waals surface area contributed by atoms with Gasteiger partial charge < -0.3 is 10.2 Å². The van der Waals surface area contributed by atoms with Crippen LogP contribution in [0.5, 0.6) is 5.75 Å². The Bertz CT molecular complexity index is 1710. The number of phenolic OH excluding ortho intramolecular Hbond substituents is 1. The Kier molecular flexibility index (Phi) is 8.71. The van der Waals surface area contributed by atoms with Crippen molar-refractivity contribution in [3.8, 4) is 16.9 Å². The van der Waals surface area contributed by atoms with Gasteiger partial charge in [0, 0.05) is 11.3 Å². The summed E-state index contributed by atoms with van der Waals surface area (Å²) in [4.78, 5) is 69.6. The maximum absolute atomic E-state index is 14.6. The van der Waals surface area contributed by atoms with E-state index in [1.54, 1.807) is 20.8 Å². The summed E-state index contributed by atoms with van der Waals surface area (Å²) in [5.74, 6) is -8.02. The largest absolute Gasteiger partial charge is 0.507 e. The van der Waals surface area contributed by atoms with Gasteiger partial charge in [-0.15, -0.1) is 0 Å². The minimum Gasteiger partial charge on any atom is -0.507 e. The fourth-order valence-electron chi connectivity index (χ4n) is 10.6. The van der Waals surface area contributed by atoms with Crippen LogP contribution in [0.25, 0.3) is 11.1 Å². The van der Waals surface area contributed by atoms with Crippen LogP contribution in [0.1, 0.15) is 114 Å². The molecule has 6 rings (SSSR count). The van der Waals surface area contributed by atoms with Gasteiger partial charge in [0.2, 0.25) is 0 Å². The Morgan fingerprint density at radius 3 is 2.27 bits per heavy atom. The lowest BCUT2D eigenvalue weighted by atomic mass is 9.40. The van der Waals surface area contributed by atoms with Crippen LogP contribution in [0.2, 0.25) is 0 Å². The van der Waals surface area contributed by atoms with Crippen LogP contribution in [-0.2, 0) is 38.4 Å². The van der Waals surface area contributed by atoms with Crippen LogP contribution in [0.3, 0.4) is 0 Å². The summed E-state index contributed by atoms with van der Waals surface area (Å²) in [6.45, 7) is 10.3. The number of benzene rings is 2. The van der Waals surface area contributed by atoms with Crippen molar-refractivity contribution in [1.29, 1.82) is 0 Å². The van der Waals surface area contributed by atoms with Crippen LogP contribution in [0.4, 0.5) is 0 Å². The molecule has 6 atom stereocenters. The van der Waals surface area contributed by atoms with Crippen molar-refractivity contribution >= 4 is 28.9 Å². The summed E-state index contributed by atoms with van der Waals surface area (Å²) in [5.41, 5.74) is -0.421. The molecule has 4 aliphatic rings. The molecule has 256 valence electrons. The number of aliphatic hydroxyl groups is 1. The molecule has 3 fully saturated rings. The molecule has 0 amide bonds. The van der Waals surface area contributed by atoms with E-state index in [0.29, 0.717) is 5.56 Å². The van der Waals surface area contributed by atoms with E-state index in [-0.39, 0.29) is 30.1 Å². The van der Waals surface area contributed by atoms with Gasteiger partial charge >= 0.3 is 0 Å². The van der Waals surface area contributed by atoms with Crippen molar-refractivity contribution < 1.29 is 34.2 Å². The Morgan fingerprint density at radius 1 is 0.958 bits per heavy atom. The highest BCUT2D eigenvalue weighted by atomic mass is 16.3. The molecule has 0 aliphatic heterocycles. The first-order valence-electron chi connectivity index (χ1n) is 18.0. The third-order valence-electron chi connectivity index (χ3n) is 12.7. The van der Waals surface area contributed by atoms with Gasteiger partial charge in [0.1, 0.15) is 17.5 Å². The Morgan fingerprint density at radius 2 is 1.65 bits per heavy atom. The van der Waals surface area contributed by atoms with E-state index in [1.807, 2.05) is 13.0 Å². The first kappa shape index (κ1) is 34.4. The lowest BCUT2D eigenvalue weighted by Crippen LogP contribution is -2.76. The summed E-state index contributed by atoms with van der Waals surface area (Å²) in [6, 6.07) is 9.92. The number of phenols is 1. The van der Waals surface area contributed by atoms with E-state index in [1.165, 1.54) is 43.7 Å². The first-order valence-corrected chi connectivity index (χ1v) is 18.0. The molecule has 0 aromatic heterocycles. The molecule has 0 saturated heterocycles. The molecule has 3 unspecified atom stereocenters. The Balaban J connectivity index is 1.47. The molecule has 4 aliphatic carbocycles. The van der Waals surface area contributed by atoms with Gasteiger partial charge in [0.05, 0.1) is 11.5 Å². The zero-order valence-electron chi connectivity index (χ0n) is 29.3. The smallest absolute Gasteiger partial charge is 0.190 e. The van der Waals surface area contributed by atoms with Gasteiger partial charge in [-0.25, -0.2) is 0 Å². The van der Waals surface area contributed by atoms with E-state index in [2.05, 4.69) is 25.1 Å². The summed E-state index contributed by atoms with van der Waals surface area (Å²) in [7, 11) is 0. The molecular formula is C41H50O7. The molecule has 3 saturated carbocycles. The number of hydrogen-bond donors (Lipinski definition) is 2. The molecule has 0 spiro atoms. The highest BCUT2D eigenvalue weighted by Crippen LogP contribution is 2.64. The van der Waals surface area contributed by atoms with Gasteiger partial charge in [0.25, 0.3) is 0 Å². The number of carbonyl (C=O) groups excluding carboxylic acids is 5. The normalized spacial score (nSPS) is 32.2. The number of ketones is 5. The highest BCUT2D eigenvalue weighted by molar-refractivity contribution is 6.32.